The van der Waals surface area contributed by atoms with Crippen molar-refractivity contribution in [2.75, 3.05) is 11.9 Å². The van der Waals surface area contributed by atoms with Gasteiger partial charge in [0.25, 0.3) is 0 Å². The number of hydrogen-bond donors (Lipinski definition) is 2. The Bertz CT molecular complexity index is 597. The van der Waals surface area contributed by atoms with Crippen LogP contribution in [0, 0.1) is 5.82 Å². The smallest absolute Gasteiger partial charge is 0.360 e. The number of aromatic carboxylic acids is 1. The average molecular weight is 264 g/mol. The number of carbonyl (C=O) groups is 1. The Morgan fingerprint density at radius 1 is 1.42 bits per heavy atom. The molecular formula is C12H13FN4O2. The van der Waals surface area contributed by atoms with Crippen molar-refractivity contribution >= 4 is 11.8 Å². The van der Waals surface area contributed by atoms with Crippen molar-refractivity contribution in [3.05, 3.63) is 35.8 Å². The molecule has 0 saturated heterocycles. The maximum absolute atomic E-state index is 13.6. The standard InChI is InChI=1S/C12H13FN4O2/c1-2-7-14-11-10(12(18)19)15-17(16-11)9-6-4-3-5-8(9)13/h3-6H,2,7H2,1H3,(H,14,16)(H,18,19). The summed E-state index contributed by atoms with van der Waals surface area (Å²) in [5.74, 6) is -1.59. The molecule has 0 fully saturated rings. The molecule has 2 N–H and O–H groups in total. The Hall–Kier alpha value is -2.44. The van der Waals surface area contributed by atoms with Crippen LogP contribution in [0.4, 0.5) is 10.2 Å². The first kappa shape index (κ1) is 13.0. The van der Waals surface area contributed by atoms with Crippen molar-refractivity contribution in [1.29, 1.82) is 0 Å². The molecule has 100 valence electrons. The van der Waals surface area contributed by atoms with Gasteiger partial charge in [0.05, 0.1) is 0 Å². The van der Waals surface area contributed by atoms with Crippen molar-refractivity contribution in [3.8, 4) is 5.69 Å². The first-order valence-electron chi connectivity index (χ1n) is 5.83. The monoisotopic (exact) mass is 264 g/mol. The van der Waals surface area contributed by atoms with Crippen LogP contribution in [0.1, 0.15) is 23.8 Å². The number of carboxylic acid groups (broad SMARTS) is 1. The lowest BCUT2D eigenvalue weighted by Crippen LogP contribution is -2.06. The third-order valence-electron chi connectivity index (χ3n) is 2.43. The van der Waals surface area contributed by atoms with E-state index in [1.165, 1.54) is 18.2 Å². The van der Waals surface area contributed by atoms with Gasteiger partial charge in [-0.1, -0.05) is 19.1 Å². The van der Waals surface area contributed by atoms with Gasteiger partial charge in [0.1, 0.15) is 5.69 Å². The number of aromatic nitrogens is 3. The van der Waals surface area contributed by atoms with Gasteiger partial charge in [0.2, 0.25) is 5.69 Å². The fraction of sp³-hybridized carbons (Fsp3) is 0.250. The summed E-state index contributed by atoms with van der Waals surface area (Å²) in [6.45, 7) is 2.50. The number of carboxylic acids is 1. The fourth-order valence-corrected chi connectivity index (χ4v) is 1.53. The lowest BCUT2D eigenvalue weighted by Gasteiger charge is -2.00. The minimum Gasteiger partial charge on any atom is -0.476 e. The largest absolute Gasteiger partial charge is 0.476 e. The number of para-hydroxylation sites is 1. The minimum atomic E-state index is -1.21. The molecule has 0 atom stereocenters. The first-order chi connectivity index (χ1) is 9.13. The van der Waals surface area contributed by atoms with Crippen molar-refractivity contribution in [1.82, 2.24) is 15.0 Å². The Labute approximate surface area is 108 Å². The summed E-state index contributed by atoms with van der Waals surface area (Å²) in [6.07, 6.45) is 0.811. The maximum atomic E-state index is 13.6. The van der Waals surface area contributed by atoms with Crippen LogP contribution in [0.15, 0.2) is 24.3 Å². The van der Waals surface area contributed by atoms with Gasteiger partial charge in [-0.05, 0) is 18.6 Å². The van der Waals surface area contributed by atoms with E-state index < -0.39 is 11.8 Å². The predicted molar refractivity (Wildman–Crippen MR) is 67.1 cm³/mol. The molecule has 0 spiro atoms. The summed E-state index contributed by atoms with van der Waals surface area (Å²) in [4.78, 5) is 12.0. The summed E-state index contributed by atoms with van der Waals surface area (Å²) in [5.41, 5.74) is -0.119. The molecule has 0 aliphatic rings. The van der Waals surface area contributed by atoms with Crippen LogP contribution in [0.2, 0.25) is 0 Å². The summed E-state index contributed by atoms with van der Waals surface area (Å²) in [6, 6.07) is 5.90. The van der Waals surface area contributed by atoms with E-state index in [1.807, 2.05) is 6.92 Å². The van der Waals surface area contributed by atoms with Crippen LogP contribution in [-0.2, 0) is 0 Å². The lowest BCUT2D eigenvalue weighted by molar-refractivity contribution is 0.0691. The van der Waals surface area contributed by atoms with E-state index in [0.29, 0.717) is 6.54 Å². The molecule has 6 nitrogen and oxygen atoms in total. The van der Waals surface area contributed by atoms with Crippen LogP contribution < -0.4 is 5.32 Å². The number of rotatable bonds is 5. The lowest BCUT2D eigenvalue weighted by atomic mass is 10.3. The molecule has 0 radical (unpaired) electrons. The highest BCUT2D eigenvalue weighted by molar-refractivity contribution is 5.90. The van der Waals surface area contributed by atoms with Crippen LogP contribution in [0.5, 0.6) is 0 Å². The molecule has 0 unspecified atom stereocenters. The van der Waals surface area contributed by atoms with E-state index in [-0.39, 0.29) is 17.2 Å². The molecule has 0 saturated carbocycles. The molecule has 2 rings (SSSR count). The average Bonchev–Trinajstić information content (AvgIpc) is 2.81. The molecule has 0 aliphatic heterocycles. The number of hydrogen-bond acceptors (Lipinski definition) is 4. The third-order valence-corrected chi connectivity index (χ3v) is 2.43. The number of benzene rings is 1. The van der Waals surface area contributed by atoms with Crippen molar-refractivity contribution in [2.45, 2.75) is 13.3 Å². The van der Waals surface area contributed by atoms with Crippen molar-refractivity contribution in [3.63, 3.8) is 0 Å². The van der Waals surface area contributed by atoms with Gasteiger partial charge in [-0.3, -0.25) is 0 Å². The zero-order valence-corrected chi connectivity index (χ0v) is 10.3. The number of nitrogens with one attached hydrogen (secondary N) is 1. The second-order valence-corrected chi connectivity index (χ2v) is 3.87. The maximum Gasteiger partial charge on any atom is 0.360 e. The molecule has 7 heteroatoms. The first-order valence-corrected chi connectivity index (χ1v) is 5.83. The van der Waals surface area contributed by atoms with Gasteiger partial charge in [-0.25, -0.2) is 9.18 Å². The van der Waals surface area contributed by atoms with Gasteiger partial charge >= 0.3 is 5.97 Å². The molecule has 0 bridgehead atoms. The van der Waals surface area contributed by atoms with Gasteiger partial charge in [-0.15, -0.1) is 15.0 Å². The number of nitrogens with zero attached hydrogens (tertiary/aromatic N) is 3. The van der Waals surface area contributed by atoms with Crippen LogP contribution >= 0.6 is 0 Å². The molecular weight excluding hydrogens is 251 g/mol. The zero-order chi connectivity index (χ0) is 13.8. The van der Waals surface area contributed by atoms with Gasteiger partial charge in [0, 0.05) is 6.54 Å². The number of halogens is 1. The SMILES string of the molecule is CCCNc1nn(-c2ccccc2F)nc1C(=O)O. The van der Waals surface area contributed by atoms with Gasteiger partial charge in [0.15, 0.2) is 11.6 Å². The molecule has 1 heterocycles. The molecule has 2 aromatic rings. The Balaban J connectivity index is 2.43. The van der Waals surface area contributed by atoms with E-state index in [4.69, 9.17) is 5.11 Å². The van der Waals surface area contributed by atoms with Gasteiger partial charge < -0.3 is 10.4 Å². The Kier molecular flexibility index (Phi) is 3.74. The molecule has 19 heavy (non-hydrogen) atoms. The number of anilines is 1. The van der Waals surface area contributed by atoms with E-state index in [1.54, 1.807) is 6.07 Å². The minimum absolute atomic E-state index is 0.106. The highest BCUT2D eigenvalue weighted by Gasteiger charge is 2.19. The second-order valence-electron chi connectivity index (χ2n) is 3.87. The third kappa shape index (κ3) is 2.70. The highest BCUT2D eigenvalue weighted by Crippen LogP contribution is 2.15. The summed E-state index contributed by atoms with van der Waals surface area (Å²) in [5, 5.41) is 19.7. The highest BCUT2D eigenvalue weighted by atomic mass is 19.1. The van der Waals surface area contributed by atoms with Gasteiger partial charge in [-0.2, -0.15) is 0 Å². The van der Waals surface area contributed by atoms with Crippen LogP contribution in [-0.4, -0.2) is 32.6 Å². The quantitative estimate of drug-likeness (QED) is 0.862. The Morgan fingerprint density at radius 3 is 2.79 bits per heavy atom. The molecule has 1 aromatic carbocycles. The summed E-state index contributed by atoms with van der Waals surface area (Å²) < 4.78 is 13.6. The molecule has 0 aliphatic carbocycles. The fourth-order valence-electron chi connectivity index (χ4n) is 1.53. The van der Waals surface area contributed by atoms with E-state index >= 15 is 0 Å². The van der Waals surface area contributed by atoms with Crippen molar-refractivity contribution < 1.29 is 14.3 Å². The van der Waals surface area contributed by atoms with E-state index in [9.17, 15) is 9.18 Å². The predicted octanol–water partition coefficient (Wildman–Crippen LogP) is 1.93. The van der Waals surface area contributed by atoms with Crippen molar-refractivity contribution in [2.24, 2.45) is 0 Å². The molecule has 0 amide bonds. The second kappa shape index (κ2) is 5.47. The van der Waals surface area contributed by atoms with E-state index in [0.717, 1.165) is 11.2 Å². The topological polar surface area (TPSA) is 80.0 Å². The van der Waals surface area contributed by atoms with Crippen LogP contribution in [0.25, 0.3) is 5.69 Å². The van der Waals surface area contributed by atoms with E-state index in [2.05, 4.69) is 15.5 Å². The summed E-state index contributed by atoms with van der Waals surface area (Å²) >= 11 is 0. The Morgan fingerprint density at radius 2 is 2.16 bits per heavy atom. The normalized spacial score (nSPS) is 10.4. The molecule has 1 aromatic heterocycles. The zero-order valence-electron chi connectivity index (χ0n) is 10.3. The summed E-state index contributed by atoms with van der Waals surface area (Å²) in [7, 11) is 0. The van der Waals surface area contributed by atoms with Crippen LogP contribution in [0.3, 0.4) is 0 Å².